The number of imide groups is 1. The fourth-order valence-electron chi connectivity index (χ4n) is 3.46. The quantitative estimate of drug-likeness (QED) is 0.190. The second-order valence-corrected chi connectivity index (χ2v) is 12.2. The third-order valence-corrected chi connectivity index (χ3v) is 8.80. The molecule has 37 heavy (non-hydrogen) atoms. The third kappa shape index (κ3) is 6.28. The first-order valence-electron chi connectivity index (χ1n) is 11.1. The summed E-state index contributed by atoms with van der Waals surface area (Å²) in [5.74, 6) is -0.255. The summed E-state index contributed by atoms with van der Waals surface area (Å²) in [4.78, 5) is 27.0. The summed E-state index contributed by atoms with van der Waals surface area (Å²) in [6, 6.07) is 16.8. The Morgan fingerprint density at radius 1 is 1.00 bits per heavy atom. The van der Waals surface area contributed by atoms with Gasteiger partial charge >= 0.3 is 10.1 Å². The fourth-order valence-corrected chi connectivity index (χ4v) is 6.32. The van der Waals surface area contributed by atoms with Crippen LogP contribution in [0.3, 0.4) is 0 Å². The molecule has 11 heteroatoms. The molecule has 3 aromatic rings. The van der Waals surface area contributed by atoms with Crippen LogP contribution in [-0.4, -0.2) is 31.1 Å². The van der Waals surface area contributed by atoms with Crippen molar-refractivity contribution in [3.63, 3.8) is 0 Å². The van der Waals surface area contributed by atoms with Crippen LogP contribution in [0.25, 0.3) is 6.08 Å². The monoisotopic (exact) mass is 665 g/mol. The van der Waals surface area contributed by atoms with E-state index in [4.69, 9.17) is 8.92 Å². The second-order valence-electron chi connectivity index (χ2n) is 7.97. The maximum atomic E-state index is 13.0. The smallest absolute Gasteiger partial charge is 0.339 e. The molecule has 0 saturated carbocycles. The zero-order valence-electron chi connectivity index (χ0n) is 19.7. The van der Waals surface area contributed by atoms with E-state index in [1.54, 1.807) is 37.3 Å². The molecule has 0 unspecified atom stereocenters. The van der Waals surface area contributed by atoms with Crippen molar-refractivity contribution in [1.29, 1.82) is 0 Å². The number of carbonyl (C=O) groups excluding carboxylic acids is 2. The van der Waals surface area contributed by atoms with E-state index >= 15 is 0 Å². The second kappa shape index (κ2) is 11.4. The Balaban J connectivity index is 1.62. The van der Waals surface area contributed by atoms with E-state index in [1.165, 1.54) is 17.0 Å². The van der Waals surface area contributed by atoms with Gasteiger partial charge in [-0.2, -0.15) is 8.42 Å². The van der Waals surface area contributed by atoms with E-state index < -0.39 is 16.0 Å². The molecule has 0 spiro atoms. The van der Waals surface area contributed by atoms with E-state index in [-0.39, 0.29) is 39.7 Å². The van der Waals surface area contributed by atoms with Gasteiger partial charge in [-0.3, -0.25) is 14.5 Å². The van der Waals surface area contributed by atoms with E-state index in [9.17, 15) is 18.0 Å². The Hall–Kier alpha value is -2.60. The average molecular weight is 667 g/mol. The molecule has 0 radical (unpaired) electrons. The van der Waals surface area contributed by atoms with Crippen LogP contribution in [0.4, 0.5) is 4.79 Å². The highest BCUT2D eigenvalue weighted by molar-refractivity contribution is 9.10. The van der Waals surface area contributed by atoms with Crippen LogP contribution in [0.15, 0.2) is 79.4 Å². The number of aryl methyl sites for hydroxylation is 1. The van der Waals surface area contributed by atoms with Gasteiger partial charge in [0, 0.05) is 4.47 Å². The number of amides is 2. The molecule has 0 aliphatic carbocycles. The number of ether oxygens (including phenoxy) is 1. The summed E-state index contributed by atoms with van der Waals surface area (Å²) in [7, 11) is -4.12. The molecule has 1 saturated heterocycles. The van der Waals surface area contributed by atoms with E-state index in [0.717, 1.165) is 27.4 Å². The summed E-state index contributed by atoms with van der Waals surface area (Å²) in [5.41, 5.74) is 2.26. The number of nitrogens with zero attached hydrogens (tertiary/aromatic N) is 1. The average Bonchev–Trinajstić information content (AvgIpc) is 3.10. The SMILES string of the molecule is CCOc1cc(/C=C2\SC(=O)N(Cc3ccccc3Br)C2=O)cc(Br)c1OS(=O)(=O)c1ccc(C)cc1. The summed E-state index contributed by atoms with van der Waals surface area (Å²) in [5, 5.41) is -0.375. The Morgan fingerprint density at radius 3 is 2.38 bits per heavy atom. The van der Waals surface area contributed by atoms with Crippen molar-refractivity contribution in [2.45, 2.75) is 25.3 Å². The maximum absolute atomic E-state index is 13.0. The summed E-state index contributed by atoms with van der Waals surface area (Å²) in [6.07, 6.45) is 1.57. The number of thioether (sulfide) groups is 1. The minimum absolute atomic E-state index is 0.00949. The summed E-state index contributed by atoms with van der Waals surface area (Å²) >= 11 is 7.66. The van der Waals surface area contributed by atoms with Crippen LogP contribution in [-0.2, 0) is 21.5 Å². The molecular formula is C26H21Br2NO6S2. The molecule has 4 rings (SSSR count). The van der Waals surface area contributed by atoms with Crippen molar-refractivity contribution < 1.29 is 26.9 Å². The lowest BCUT2D eigenvalue weighted by Gasteiger charge is -2.15. The first kappa shape index (κ1) is 27.4. The molecule has 0 N–H and O–H groups in total. The Morgan fingerprint density at radius 2 is 1.70 bits per heavy atom. The fraction of sp³-hybridized carbons (Fsp3) is 0.154. The van der Waals surface area contributed by atoms with Gasteiger partial charge in [-0.1, -0.05) is 51.8 Å². The van der Waals surface area contributed by atoms with Crippen molar-refractivity contribution >= 4 is 71.0 Å². The van der Waals surface area contributed by atoms with Crippen LogP contribution in [0.5, 0.6) is 11.5 Å². The Bertz CT molecular complexity index is 1500. The molecule has 1 heterocycles. The Kier molecular flexibility index (Phi) is 8.47. The van der Waals surface area contributed by atoms with E-state index in [2.05, 4.69) is 31.9 Å². The van der Waals surface area contributed by atoms with Gasteiger partial charge in [0.05, 0.1) is 22.5 Å². The molecule has 7 nitrogen and oxygen atoms in total. The summed E-state index contributed by atoms with van der Waals surface area (Å²) < 4.78 is 38.0. The number of hydrogen-bond acceptors (Lipinski definition) is 7. The van der Waals surface area contributed by atoms with Crippen LogP contribution >= 0.6 is 43.6 Å². The molecule has 0 atom stereocenters. The lowest BCUT2D eigenvalue weighted by Crippen LogP contribution is -2.27. The highest BCUT2D eigenvalue weighted by Crippen LogP contribution is 2.41. The van der Waals surface area contributed by atoms with Gasteiger partial charge in [-0.05, 0) is 89.1 Å². The molecule has 3 aromatic carbocycles. The minimum Gasteiger partial charge on any atom is -0.490 e. The minimum atomic E-state index is -4.12. The lowest BCUT2D eigenvalue weighted by molar-refractivity contribution is -0.123. The largest absolute Gasteiger partial charge is 0.490 e. The van der Waals surface area contributed by atoms with Gasteiger partial charge in [0.2, 0.25) is 0 Å². The first-order chi connectivity index (χ1) is 17.6. The zero-order chi connectivity index (χ0) is 26.7. The highest BCUT2D eigenvalue weighted by Gasteiger charge is 2.35. The van der Waals surface area contributed by atoms with Crippen LogP contribution < -0.4 is 8.92 Å². The van der Waals surface area contributed by atoms with Gasteiger partial charge in [0.25, 0.3) is 11.1 Å². The molecule has 1 fully saturated rings. The number of hydrogen-bond donors (Lipinski definition) is 0. The molecule has 0 bridgehead atoms. The molecule has 0 aromatic heterocycles. The number of benzene rings is 3. The predicted octanol–water partition coefficient (Wildman–Crippen LogP) is 6.92. The topological polar surface area (TPSA) is 90.0 Å². The molecule has 1 aliphatic heterocycles. The molecule has 1 aliphatic rings. The first-order valence-corrected chi connectivity index (χ1v) is 14.9. The summed E-state index contributed by atoms with van der Waals surface area (Å²) in [6.45, 7) is 4.00. The van der Waals surface area contributed by atoms with Crippen LogP contribution in [0.2, 0.25) is 0 Å². The number of halogens is 2. The number of rotatable bonds is 8. The van der Waals surface area contributed by atoms with E-state index in [0.29, 0.717) is 10.0 Å². The zero-order valence-corrected chi connectivity index (χ0v) is 24.5. The van der Waals surface area contributed by atoms with Gasteiger partial charge in [0.15, 0.2) is 11.5 Å². The van der Waals surface area contributed by atoms with Crippen molar-refractivity contribution in [2.75, 3.05) is 6.61 Å². The lowest BCUT2D eigenvalue weighted by atomic mass is 10.1. The van der Waals surface area contributed by atoms with Gasteiger partial charge in [-0.25, -0.2) is 0 Å². The van der Waals surface area contributed by atoms with Crippen LogP contribution in [0, 0.1) is 6.92 Å². The Labute approximate surface area is 236 Å². The van der Waals surface area contributed by atoms with Gasteiger partial charge in [-0.15, -0.1) is 0 Å². The van der Waals surface area contributed by atoms with Crippen molar-refractivity contribution in [3.05, 3.63) is 91.2 Å². The predicted molar refractivity (Wildman–Crippen MR) is 150 cm³/mol. The van der Waals surface area contributed by atoms with Crippen molar-refractivity contribution in [3.8, 4) is 11.5 Å². The van der Waals surface area contributed by atoms with E-state index in [1.807, 2.05) is 31.2 Å². The maximum Gasteiger partial charge on any atom is 0.339 e. The molecule has 192 valence electrons. The molecular weight excluding hydrogens is 646 g/mol. The van der Waals surface area contributed by atoms with Gasteiger partial charge < -0.3 is 8.92 Å². The standard InChI is InChI=1S/C26H21Br2NO6S2/c1-3-34-22-13-17(12-21(28)24(22)35-37(32,33)19-10-8-16(2)9-11-19)14-23-25(30)29(26(31)36-23)15-18-6-4-5-7-20(18)27/h4-14H,3,15H2,1-2H3/b23-14-. The van der Waals surface area contributed by atoms with Crippen LogP contribution in [0.1, 0.15) is 23.6 Å². The highest BCUT2D eigenvalue weighted by atomic mass is 79.9. The normalized spacial score (nSPS) is 14.9. The third-order valence-electron chi connectivity index (χ3n) is 5.29. The van der Waals surface area contributed by atoms with Gasteiger partial charge in [0.1, 0.15) is 4.90 Å². The van der Waals surface area contributed by atoms with Crippen molar-refractivity contribution in [1.82, 2.24) is 4.90 Å². The van der Waals surface area contributed by atoms with Crippen molar-refractivity contribution in [2.24, 2.45) is 0 Å². The molecule has 2 amide bonds. The number of carbonyl (C=O) groups is 2.